The molecule has 0 spiro atoms. The van der Waals surface area contributed by atoms with Gasteiger partial charge in [0.15, 0.2) is 6.10 Å². The van der Waals surface area contributed by atoms with Crippen molar-refractivity contribution in [2.24, 2.45) is 0 Å². The van der Waals surface area contributed by atoms with Gasteiger partial charge in [0.2, 0.25) is 0 Å². The largest absolute Gasteiger partial charge is 0.462 e. The fourth-order valence-electron chi connectivity index (χ4n) is 11.3. The minimum Gasteiger partial charge on any atom is -0.462 e. The van der Waals surface area contributed by atoms with Crippen LogP contribution in [0.25, 0.3) is 0 Å². The van der Waals surface area contributed by atoms with Crippen LogP contribution in [0.2, 0.25) is 0 Å². The van der Waals surface area contributed by atoms with Crippen molar-refractivity contribution in [2.45, 2.75) is 425 Å². The smallest absolute Gasteiger partial charge is 0.306 e. The molecule has 0 amide bonds. The molecule has 0 bridgehead atoms. The first-order valence-corrected chi connectivity index (χ1v) is 36.2. The number of hydrogen-bond donors (Lipinski definition) is 0. The molecule has 0 heterocycles. The number of esters is 3. The van der Waals surface area contributed by atoms with E-state index < -0.39 is 6.10 Å². The quantitative estimate of drug-likeness (QED) is 0.0261. The number of rotatable bonds is 68. The van der Waals surface area contributed by atoms with Gasteiger partial charge in [-0.3, -0.25) is 14.4 Å². The Morgan fingerprint density at radius 3 is 0.633 bits per heavy atom. The maximum Gasteiger partial charge on any atom is 0.306 e. The second-order valence-corrected chi connectivity index (χ2v) is 24.9. The normalized spacial score (nSPS) is 12.0. The van der Waals surface area contributed by atoms with Crippen LogP contribution in [-0.4, -0.2) is 37.2 Å². The minimum absolute atomic E-state index is 0.0647. The SMILES string of the molecule is CCCCCCCCC/C=C\CCCCCCCCCC(=O)OC(COC(=O)CCCCCCCCCCCCCCCCCCC)COC(=O)CCCCCCCCCCCCCCCCCCCCCCCCCCCC. The zero-order chi connectivity index (χ0) is 57.1. The van der Waals surface area contributed by atoms with E-state index >= 15 is 0 Å². The number of unbranched alkanes of at least 4 members (excludes halogenated alkanes) is 55. The summed E-state index contributed by atoms with van der Waals surface area (Å²) in [6.45, 7) is 6.73. The van der Waals surface area contributed by atoms with Crippen molar-refractivity contribution in [1.29, 1.82) is 0 Å². The molecule has 0 N–H and O–H groups in total. The van der Waals surface area contributed by atoms with Crippen LogP contribution in [0.1, 0.15) is 419 Å². The molecule has 0 radical (unpaired) electrons. The van der Waals surface area contributed by atoms with Gasteiger partial charge in [0, 0.05) is 19.3 Å². The summed E-state index contributed by atoms with van der Waals surface area (Å²) in [5, 5.41) is 0. The molecule has 0 aliphatic heterocycles. The van der Waals surface area contributed by atoms with E-state index in [0.29, 0.717) is 19.3 Å². The number of ether oxygens (including phenoxy) is 3. The predicted molar refractivity (Wildman–Crippen MR) is 344 cm³/mol. The minimum atomic E-state index is -0.769. The topological polar surface area (TPSA) is 78.9 Å². The van der Waals surface area contributed by atoms with Gasteiger partial charge < -0.3 is 14.2 Å². The number of carbonyl (C=O) groups excluding carboxylic acids is 3. The van der Waals surface area contributed by atoms with E-state index in [1.54, 1.807) is 0 Å². The third-order valence-electron chi connectivity index (χ3n) is 16.8. The van der Waals surface area contributed by atoms with Gasteiger partial charge in [-0.15, -0.1) is 0 Å². The van der Waals surface area contributed by atoms with Crippen molar-refractivity contribution in [1.82, 2.24) is 0 Å². The molecule has 0 rings (SSSR count). The van der Waals surface area contributed by atoms with Crippen molar-refractivity contribution >= 4 is 17.9 Å². The molecule has 0 fully saturated rings. The van der Waals surface area contributed by atoms with Crippen LogP contribution in [0.5, 0.6) is 0 Å². The van der Waals surface area contributed by atoms with Crippen LogP contribution >= 0.6 is 0 Å². The molecule has 0 aromatic heterocycles. The van der Waals surface area contributed by atoms with Gasteiger partial charge >= 0.3 is 17.9 Å². The molecule has 0 saturated heterocycles. The Labute approximate surface area is 494 Å². The molecule has 1 unspecified atom stereocenters. The lowest BCUT2D eigenvalue weighted by Crippen LogP contribution is -2.30. The van der Waals surface area contributed by atoms with Crippen molar-refractivity contribution in [3.05, 3.63) is 12.2 Å². The molecule has 0 aromatic rings. The van der Waals surface area contributed by atoms with E-state index in [1.165, 1.54) is 321 Å². The molecule has 79 heavy (non-hydrogen) atoms. The highest BCUT2D eigenvalue weighted by molar-refractivity contribution is 5.71. The summed E-state index contributed by atoms with van der Waals surface area (Å²) in [6, 6.07) is 0. The standard InChI is InChI=1S/C73H140O6/c1-4-7-10-13-16-19-22-25-28-31-33-34-35-36-37-38-39-40-43-45-48-51-54-57-60-63-66-72(75)78-69-70(68-77-71(74)65-62-59-56-53-50-47-44-41-30-27-24-21-18-15-12-9-6-3)79-73(76)67-64-61-58-55-52-49-46-42-32-29-26-23-20-17-14-11-8-5-2/h29,32,70H,4-28,30-31,33-69H2,1-3H3/b32-29-. The first-order valence-electron chi connectivity index (χ1n) is 36.2. The van der Waals surface area contributed by atoms with Gasteiger partial charge in [-0.1, -0.05) is 367 Å². The number of allylic oxidation sites excluding steroid dienone is 2. The van der Waals surface area contributed by atoms with Gasteiger partial charge in [-0.25, -0.2) is 0 Å². The summed E-state index contributed by atoms with van der Waals surface area (Å²) in [6.07, 6.45) is 82.4. The molecule has 6 heteroatoms. The molecule has 0 aliphatic carbocycles. The van der Waals surface area contributed by atoms with E-state index in [0.717, 1.165) is 57.8 Å². The van der Waals surface area contributed by atoms with Crippen LogP contribution in [-0.2, 0) is 28.6 Å². The van der Waals surface area contributed by atoms with Crippen molar-refractivity contribution < 1.29 is 28.6 Å². The molecule has 0 aliphatic rings. The predicted octanol–water partition coefficient (Wildman–Crippen LogP) is 24.8. The summed E-state index contributed by atoms with van der Waals surface area (Å²) in [4.78, 5) is 38.5. The van der Waals surface area contributed by atoms with Crippen LogP contribution in [0, 0.1) is 0 Å². The van der Waals surface area contributed by atoms with Gasteiger partial charge in [-0.05, 0) is 44.9 Å². The maximum absolute atomic E-state index is 12.9. The highest BCUT2D eigenvalue weighted by atomic mass is 16.6. The molecular formula is C73H140O6. The zero-order valence-corrected chi connectivity index (χ0v) is 53.9. The van der Waals surface area contributed by atoms with Gasteiger partial charge in [0.25, 0.3) is 0 Å². The van der Waals surface area contributed by atoms with E-state index in [2.05, 4.69) is 32.9 Å². The summed E-state index contributed by atoms with van der Waals surface area (Å²) < 4.78 is 17.0. The lowest BCUT2D eigenvalue weighted by atomic mass is 10.0. The second-order valence-electron chi connectivity index (χ2n) is 24.9. The van der Waals surface area contributed by atoms with E-state index in [4.69, 9.17) is 14.2 Å². The van der Waals surface area contributed by atoms with Gasteiger partial charge in [-0.2, -0.15) is 0 Å². The van der Waals surface area contributed by atoms with Crippen LogP contribution < -0.4 is 0 Å². The Hall–Kier alpha value is -1.85. The Kier molecular flexibility index (Phi) is 67.0. The highest BCUT2D eigenvalue weighted by Crippen LogP contribution is 2.19. The molecular weight excluding hydrogens is 973 g/mol. The molecule has 6 nitrogen and oxygen atoms in total. The van der Waals surface area contributed by atoms with E-state index in [-0.39, 0.29) is 31.1 Å². The lowest BCUT2D eigenvalue weighted by molar-refractivity contribution is -0.167. The monoisotopic (exact) mass is 1110 g/mol. The van der Waals surface area contributed by atoms with E-state index in [9.17, 15) is 14.4 Å². The van der Waals surface area contributed by atoms with Crippen molar-refractivity contribution in [2.75, 3.05) is 13.2 Å². The first kappa shape index (κ1) is 77.2. The third-order valence-corrected chi connectivity index (χ3v) is 16.8. The third kappa shape index (κ3) is 66.8. The average molecular weight is 1110 g/mol. The van der Waals surface area contributed by atoms with Crippen molar-refractivity contribution in [3.8, 4) is 0 Å². The number of hydrogen-bond acceptors (Lipinski definition) is 6. The Bertz CT molecular complexity index is 1230. The fraction of sp³-hybridized carbons (Fsp3) is 0.932. The Balaban J connectivity index is 4.23. The summed E-state index contributed by atoms with van der Waals surface area (Å²) >= 11 is 0. The second kappa shape index (κ2) is 68.6. The molecule has 468 valence electrons. The fourth-order valence-corrected chi connectivity index (χ4v) is 11.3. The van der Waals surface area contributed by atoms with Crippen LogP contribution in [0.15, 0.2) is 12.2 Å². The van der Waals surface area contributed by atoms with Crippen molar-refractivity contribution in [3.63, 3.8) is 0 Å². The summed E-state index contributed by atoms with van der Waals surface area (Å²) in [7, 11) is 0. The average Bonchev–Trinajstić information content (AvgIpc) is 3.45. The maximum atomic E-state index is 12.9. The Morgan fingerprint density at radius 2 is 0.418 bits per heavy atom. The van der Waals surface area contributed by atoms with E-state index in [1.807, 2.05) is 0 Å². The number of carbonyl (C=O) groups is 3. The van der Waals surface area contributed by atoms with Crippen LogP contribution in [0.3, 0.4) is 0 Å². The van der Waals surface area contributed by atoms with Gasteiger partial charge in [0.05, 0.1) is 0 Å². The van der Waals surface area contributed by atoms with Gasteiger partial charge in [0.1, 0.15) is 13.2 Å². The van der Waals surface area contributed by atoms with Crippen LogP contribution in [0.4, 0.5) is 0 Å². The first-order chi connectivity index (χ1) is 39.0. The summed E-state index contributed by atoms with van der Waals surface area (Å²) in [5.41, 5.74) is 0. The lowest BCUT2D eigenvalue weighted by Gasteiger charge is -2.18. The summed E-state index contributed by atoms with van der Waals surface area (Å²) in [5.74, 6) is -0.831. The molecule has 0 saturated carbocycles. The zero-order valence-electron chi connectivity index (χ0n) is 53.9. The Morgan fingerprint density at radius 1 is 0.241 bits per heavy atom. The molecule has 1 atom stereocenters. The molecule has 0 aromatic carbocycles. The highest BCUT2D eigenvalue weighted by Gasteiger charge is 2.19.